The molecule has 2 fully saturated rings. The Morgan fingerprint density at radius 2 is 1.69 bits per heavy atom. The Labute approximate surface area is 213 Å². The summed E-state index contributed by atoms with van der Waals surface area (Å²) in [4.78, 5) is 31.1. The number of amides is 2. The minimum atomic E-state index is -0.718. The minimum absolute atomic E-state index is 0.0333. The van der Waals surface area contributed by atoms with Crippen LogP contribution in [0.25, 0.3) is 0 Å². The molecule has 2 saturated heterocycles. The van der Waals surface area contributed by atoms with Gasteiger partial charge in [-0.15, -0.1) is 0 Å². The van der Waals surface area contributed by atoms with Gasteiger partial charge in [0.2, 0.25) is 11.8 Å². The van der Waals surface area contributed by atoms with Crippen molar-refractivity contribution in [3.05, 3.63) is 60.2 Å². The lowest BCUT2D eigenvalue weighted by Crippen LogP contribution is -2.73. The summed E-state index contributed by atoms with van der Waals surface area (Å²) in [5.41, 5.74) is 0.492. The van der Waals surface area contributed by atoms with E-state index >= 15 is 0 Å². The van der Waals surface area contributed by atoms with E-state index in [-0.39, 0.29) is 11.8 Å². The van der Waals surface area contributed by atoms with E-state index < -0.39 is 11.6 Å². The van der Waals surface area contributed by atoms with Crippen molar-refractivity contribution in [1.29, 1.82) is 0 Å². The quantitative estimate of drug-likeness (QED) is 0.553. The molecule has 188 valence electrons. The third kappa shape index (κ3) is 6.01. The molecule has 2 amide bonds. The lowest BCUT2D eigenvalue weighted by Gasteiger charge is -2.52. The fourth-order valence-corrected chi connectivity index (χ4v) is 5.50. The highest BCUT2D eigenvalue weighted by Crippen LogP contribution is 2.34. The number of nitrogens with one attached hydrogen (secondary N) is 1. The molecule has 2 aliphatic heterocycles. The van der Waals surface area contributed by atoms with E-state index in [9.17, 15) is 9.59 Å². The second-order valence-corrected chi connectivity index (χ2v) is 11.0. The van der Waals surface area contributed by atoms with Gasteiger partial charge in [0.05, 0.1) is 0 Å². The number of benzene rings is 2. The van der Waals surface area contributed by atoms with Crippen LogP contribution in [0.15, 0.2) is 54.6 Å². The van der Waals surface area contributed by atoms with Gasteiger partial charge >= 0.3 is 0 Å². The van der Waals surface area contributed by atoms with E-state index in [0.29, 0.717) is 31.7 Å². The van der Waals surface area contributed by atoms with Gasteiger partial charge in [-0.25, -0.2) is 0 Å². The third-order valence-corrected chi connectivity index (χ3v) is 7.62. The molecule has 6 nitrogen and oxygen atoms in total. The Bertz CT molecular complexity index is 988. The summed E-state index contributed by atoms with van der Waals surface area (Å²) >= 11 is 1.72. The first kappa shape index (κ1) is 25.6. The molecular formula is C28H37N3O3S. The van der Waals surface area contributed by atoms with Gasteiger partial charge in [-0.1, -0.05) is 44.2 Å². The van der Waals surface area contributed by atoms with Gasteiger partial charge in [-0.05, 0) is 61.3 Å². The average Bonchev–Trinajstić information content (AvgIpc) is 2.85. The van der Waals surface area contributed by atoms with Gasteiger partial charge in [-0.3, -0.25) is 14.5 Å². The van der Waals surface area contributed by atoms with E-state index in [0.717, 1.165) is 36.9 Å². The van der Waals surface area contributed by atoms with Crippen LogP contribution < -0.4 is 10.1 Å². The first-order valence-electron chi connectivity index (χ1n) is 12.6. The Balaban J connectivity index is 1.38. The highest BCUT2D eigenvalue weighted by molar-refractivity contribution is 7.98. The van der Waals surface area contributed by atoms with Gasteiger partial charge in [0, 0.05) is 31.9 Å². The van der Waals surface area contributed by atoms with Crippen molar-refractivity contribution in [2.75, 3.05) is 31.6 Å². The molecule has 7 heteroatoms. The van der Waals surface area contributed by atoms with Crippen LogP contribution in [0, 0.1) is 5.92 Å². The highest BCUT2D eigenvalue weighted by Gasteiger charge is 2.53. The number of rotatable bonds is 9. The Hall–Kier alpha value is -2.51. The van der Waals surface area contributed by atoms with E-state index in [1.54, 1.807) is 11.8 Å². The number of hydrogen-bond acceptors (Lipinski definition) is 5. The largest absolute Gasteiger partial charge is 0.457 e. The maximum absolute atomic E-state index is 13.4. The van der Waals surface area contributed by atoms with Crippen molar-refractivity contribution < 1.29 is 14.3 Å². The van der Waals surface area contributed by atoms with Crippen LogP contribution in [0.3, 0.4) is 0 Å². The maximum atomic E-state index is 13.4. The SMILES string of the molecule is CSCCN1C(=O)C(CC(C)C)NC(=O)C12CCN(Cc1ccc(Oc3ccccc3)cc1)CC2. The number of likely N-dealkylation sites (tertiary alicyclic amines) is 1. The number of carbonyl (C=O) groups excluding carboxylic acids is 2. The molecule has 2 heterocycles. The number of piperidine rings is 1. The molecule has 1 unspecified atom stereocenters. The first-order chi connectivity index (χ1) is 16.9. The predicted molar refractivity (Wildman–Crippen MR) is 142 cm³/mol. The zero-order valence-corrected chi connectivity index (χ0v) is 21.9. The zero-order valence-electron chi connectivity index (χ0n) is 21.0. The number of para-hydroxylation sites is 1. The topological polar surface area (TPSA) is 61.9 Å². The molecule has 0 radical (unpaired) electrons. The third-order valence-electron chi connectivity index (χ3n) is 7.03. The molecule has 0 bridgehead atoms. The van der Waals surface area contributed by atoms with Gasteiger partial charge in [0.1, 0.15) is 23.1 Å². The Morgan fingerprint density at radius 1 is 1.03 bits per heavy atom. The predicted octanol–water partition coefficient (Wildman–Crippen LogP) is 4.55. The fraction of sp³-hybridized carbons (Fsp3) is 0.500. The number of hydrogen-bond donors (Lipinski definition) is 1. The van der Waals surface area contributed by atoms with Crippen molar-refractivity contribution >= 4 is 23.6 Å². The first-order valence-corrected chi connectivity index (χ1v) is 14.0. The summed E-state index contributed by atoms with van der Waals surface area (Å²) in [7, 11) is 0. The second-order valence-electron chi connectivity index (χ2n) is 10.0. The monoisotopic (exact) mass is 495 g/mol. The molecule has 4 rings (SSSR count). The van der Waals surface area contributed by atoms with E-state index in [2.05, 4.69) is 36.2 Å². The molecule has 2 aliphatic rings. The van der Waals surface area contributed by atoms with Crippen LogP contribution in [0.5, 0.6) is 11.5 Å². The summed E-state index contributed by atoms with van der Waals surface area (Å²) in [6, 6.07) is 17.6. The van der Waals surface area contributed by atoms with Crippen LogP contribution >= 0.6 is 11.8 Å². The second kappa shape index (κ2) is 11.5. The maximum Gasteiger partial charge on any atom is 0.246 e. The van der Waals surface area contributed by atoms with E-state index in [4.69, 9.17) is 4.74 Å². The highest BCUT2D eigenvalue weighted by atomic mass is 32.2. The summed E-state index contributed by atoms with van der Waals surface area (Å²) in [5.74, 6) is 2.96. The van der Waals surface area contributed by atoms with Gasteiger partial charge in [0.25, 0.3) is 0 Å². The number of nitrogens with zero attached hydrogens (tertiary/aromatic N) is 2. The summed E-state index contributed by atoms with van der Waals surface area (Å²) in [6.07, 6.45) is 4.07. The molecule has 1 spiro atoms. The van der Waals surface area contributed by atoms with Crippen LogP contribution in [0.4, 0.5) is 0 Å². The number of thioether (sulfide) groups is 1. The smallest absolute Gasteiger partial charge is 0.246 e. The standard InChI is InChI=1S/C28H37N3O3S/c1-21(2)19-25-26(32)31(17-18-35-3)28(27(33)29-25)13-15-30(16-14-28)20-22-9-11-24(12-10-22)34-23-7-5-4-6-8-23/h4-12,21,25H,13-20H2,1-3H3,(H,29,33). The summed E-state index contributed by atoms with van der Waals surface area (Å²) < 4.78 is 5.90. The molecule has 1 atom stereocenters. The summed E-state index contributed by atoms with van der Waals surface area (Å²) in [5, 5.41) is 3.09. The average molecular weight is 496 g/mol. The molecule has 2 aromatic rings. The lowest BCUT2D eigenvalue weighted by atomic mass is 9.81. The molecule has 2 aromatic carbocycles. The van der Waals surface area contributed by atoms with Crippen LogP contribution in [-0.4, -0.2) is 64.8 Å². The van der Waals surface area contributed by atoms with Gasteiger partial charge in [0.15, 0.2) is 0 Å². The molecule has 35 heavy (non-hydrogen) atoms. The fourth-order valence-electron chi connectivity index (χ4n) is 5.14. The minimum Gasteiger partial charge on any atom is -0.457 e. The van der Waals surface area contributed by atoms with Crippen molar-refractivity contribution in [3.63, 3.8) is 0 Å². The van der Waals surface area contributed by atoms with Crippen molar-refractivity contribution in [1.82, 2.24) is 15.1 Å². The van der Waals surface area contributed by atoms with E-state index in [1.165, 1.54) is 5.56 Å². The number of carbonyl (C=O) groups is 2. The van der Waals surface area contributed by atoms with E-state index in [1.807, 2.05) is 53.6 Å². The molecule has 0 saturated carbocycles. The van der Waals surface area contributed by atoms with Gasteiger partial charge in [-0.2, -0.15) is 11.8 Å². The van der Waals surface area contributed by atoms with Crippen molar-refractivity contribution in [2.45, 2.75) is 51.2 Å². The molecule has 1 N–H and O–H groups in total. The van der Waals surface area contributed by atoms with Crippen LogP contribution in [0.2, 0.25) is 0 Å². The number of ether oxygens (including phenoxy) is 1. The molecule has 0 aliphatic carbocycles. The van der Waals surface area contributed by atoms with Crippen molar-refractivity contribution in [2.24, 2.45) is 5.92 Å². The van der Waals surface area contributed by atoms with Crippen molar-refractivity contribution in [3.8, 4) is 11.5 Å². The van der Waals surface area contributed by atoms with Crippen LogP contribution in [0.1, 0.15) is 38.7 Å². The Morgan fingerprint density at radius 3 is 2.31 bits per heavy atom. The Kier molecular flexibility index (Phi) is 8.39. The molecular weight excluding hydrogens is 458 g/mol. The summed E-state index contributed by atoms with van der Waals surface area (Å²) in [6.45, 7) is 7.20. The zero-order chi connectivity index (χ0) is 24.8. The normalized spacial score (nSPS) is 20.3. The number of piperazine rings is 1. The molecule has 0 aromatic heterocycles. The lowest BCUT2D eigenvalue weighted by molar-refractivity contribution is -0.161. The van der Waals surface area contributed by atoms with Crippen LogP contribution in [-0.2, 0) is 16.1 Å². The van der Waals surface area contributed by atoms with Gasteiger partial charge < -0.3 is 15.0 Å².